The summed E-state index contributed by atoms with van der Waals surface area (Å²) in [5.74, 6) is 0. The Balaban J connectivity index is 1.86. The number of aryl methyl sites for hydroxylation is 1. The molecule has 21 heavy (non-hydrogen) atoms. The van der Waals surface area contributed by atoms with E-state index in [9.17, 15) is 0 Å². The molecule has 1 aromatic heterocycles. The van der Waals surface area contributed by atoms with Gasteiger partial charge in [0.05, 0.1) is 5.69 Å². The average molecular weight is 339 g/mol. The Kier molecular flexibility index (Phi) is 4.02. The van der Waals surface area contributed by atoms with E-state index < -0.39 is 0 Å². The summed E-state index contributed by atoms with van der Waals surface area (Å²) in [6, 6.07) is 20.4. The van der Waals surface area contributed by atoms with Crippen molar-refractivity contribution < 1.29 is 0 Å². The van der Waals surface area contributed by atoms with Crippen molar-refractivity contribution in [2.24, 2.45) is 4.99 Å². The molecule has 2 nitrogen and oxygen atoms in total. The number of benzene rings is 2. The molecular weight excluding hydrogens is 324 g/mol. The quantitative estimate of drug-likeness (QED) is 0.576. The van der Waals surface area contributed by atoms with Crippen LogP contribution in [0.5, 0.6) is 0 Å². The van der Waals surface area contributed by atoms with Gasteiger partial charge in [-0.05, 0) is 49.4 Å². The lowest BCUT2D eigenvalue weighted by molar-refractivity contribution is 1.02. The van der Waals surface area contributed by atoms with Crippen molar-refractivity contribution in [1.29, 1.82) is 0 Å². The molecule has 3 rings (SSSR count). The first-order valence-corrected chi connectivity index (χ1v) is 7.56. The zero-order valence-corrected chi connectivity index (χ0v) is 13.3. The van der Waals surface area contributed by atoms with Crippen LogP contribution >= 0.6 is 15.9 Å². The first kappa shape index (κ1) is 13.8. The summed E-state index contributed by atoms with van der Waals surface area (Å²) in [6.07, 6.45) is 4.00. The molecule has 0 spiro atoms. The normalized spacial score (nSPS) is 11.1. The van der Waals surface area contributed by atoms with Gasteiger partial charge >= 0.3 is 0 Å². The topological polar surface area (TPSA) is 17.3 Å². The largest absolute Gasteiger partial charge is 0.321 e. The Morgan fingerprint density at radius 1 is 1.00 bits per heavy atom. The number of aliphatic imine (C=N–C) groups is 1. The van der Waals surface area contributed by atoms with E-state index in [1.807, 2.05) is 48.7 Å². The summed E-state index contributed by atoms with van der Waals surface area (Å²) in [7, 11) is 0. The van der Waals surface area contributed by atoms with Gasteiger partial charge in [-0.2, -0.15) is 0 Å². The molecule has 2 aromatic carbocycles. The van der Waals surface area contributed by atoms with Gasteiger partial charge in [0.25, 0.3) is 0 Å². The Hall–Kier alpha value is -2.13. The van der Waals surface area contributed by atoms with Gasteiger partial charge in [0.15, 0.2) is 0 Å². The van der Waals surface area contributed by atoms with Crippen molar-refractivity contribution in [2.45, 2.75) is 6.92 Å². The van der Waals surface area contributed by atoms with Crippen molar-refractivity contribution in [3.63, 3.8) is 0 Å². The van der Waals surface area contributed by atoms with Crippen LogP contribution in [0.3, 0.4) is 0 Å². The van der Waals surface area contributed by atoms with Crippen LogP contribution in [0.25, 0.3) is 5.69 Å². The smallest absolute Gasteiger partial charge is 0.0630 e. The molecule has 0 fully saturated rings. The van der Waals surface area contributed by atoms with E-state index >= 15 is 0 Å². The molecule has 0 aliphatic carbocycles. The van der Waals surface area contributed by atoms with Gasteiger partial charge < -0.3 is 4.57 Å². The molecule has 0 N–H and O–H groups in total. The van der Waals surface area contributed by atoms with Crippen LogP contribution in [-0.2, 0) is 0 Å². The highest BCUT2D eigenvalue weighted by molar-refractivity contribution is 9.10. The SMILES string of the molecule is Cc1cc(C=Nc2ccc(Br)cc2)cn1-c1ccccc1. The van der Waals surface area contributed by atoms with Crippen molar-refractivity contribution >= 4 is 27.8 Å². The third-order valence-corrected chi connectivity index (χ3v) is 3.79. The number of halogens is 1. The summed E-state index contributed by atoms with van der Waals surface area (Å²) in [6.45, 7) is 2.10. The van der Waals surface area contributed by atoms with Gasteiger partial charge in [0, 0.05) is 33.8 Å². The molecular formula is C18H15BrN2. The van der Waals surface area contributed by atoms with Crippen molar-refractivity contribution in [3.8, 4) is 5.69 Å². The molecule has 0 amide bonds. The van der Waals surface area contributed by atoms with Gasteiger partial charge in [-0.3, -0.25) is 4.99 Å². The van der Waals surface area contributed by atoms with Crippen LogP contribution in [0.2, 0.25) is 0 Å². The highest BCUT2D eigenvalue weighted by Gasteiger charge is 2.02. The standard InChI is InChI=1S/C18H15BrN2/c1-14-11-15(12-20-17-9-7-16(19)8-10-17)13-21(14)18-5-3-2-4-6-18/h2-13H,1H3. The summed E-state index contributed by atoms with van der Waals surface area (Å²) in [5, 5.41) is 0. The fourth-order valence-corrected chi connectivity index (χ4v) is 2.48. The molecule has 0 aliphatic heterocycles. The Morgan fingerprint density at radius 2 is 1.71 bits per heavy atom. The second kappa shape index (κ2) is 6.10. The molecule has 0 bridgehead atoms. The van der Waals surface area contributed by atoms with Gasteiger partial charge in [0.2, 0.25) is 0 Å². The first-order chi connectivity index (χ1) is 10.2. The molecule has 0 atom stereocenters. The number of para-hydroxylation sites is 1. The van der Waals surface area contributed by atoms with Gasteiger partial charge in [-0.15, -0.1) is 0 Å². The van der Waals surface area contributed by atoms with Crippen LogP contribution < -0.4 is 0 Å². The van der Waals surface area contributed by atoms with Crippen LogP contribution in [0, 0.1) is 6.92 Å². The lowest BCUT2D eigenvalue weighted by atomic mass is 10.3. The Labute approximate surface area is 132 Å². The number of hydrogen-bond donors (Lipinski definition) is 0. The van der Waals surface area contributed by atoms with Crippen LogP contribution in [0.15, 0.2) is 76.3 Å². The molecule has 0 aliphatic rings. The van der Waals surface area contributed by atoms with Crippen LogP contribution in [-0.4, -0.2) is 10.8 Å². The van der Waals surface area contributed by atoms with Crippen molar-refractivity contribution in [1.82, 2.24) is 4.57 Å². The zero-order valence-electron chi connectivity index (χ0n) is 11.7. The third-order valence-electron chi connectivity index (χ3n) is 3.26. The molecule has 3 heteroatoms. The molecule has 3 aromatic rings. The van der Waals surface area contributed by atoms with Gasteiger partial charge in [-0.25, -0.2) is 0 Å². The van der Waals surface area contributed by atoms with E-state index in [-0.39, 0.29) is 0 Å². The van der Waals surface area contributed by atoms with E-state index in [1.54, 1.807) is 0 Å². The molecule has 0 unspecified atom stereocenters. The minimum atomic E-state index is 0.948. The fraction of sp³-hybridized carbons (Fsp3) is 0.0556. The number of aromatic nitrogens is 1. The van der Waals surface area contributed by atoms with E-state index in [0.717, 1.165) is 15.7 Å². The summed E-state index contributed by atoms with van der Waals surface area (Å²) in [4.78, 5) is 4.51. The maximum atomic E-state index is 4.51. The predicted molar refractivity (Wildman–Crippen MR) is 91.9 cm³/mol. The monoisotopic (exact) mass is 338 g/mol. The van der Waals surface area contributed by atoms with E-state index in [1.165, 1.54) is 11.4 Å². The number of nitrogens with zero attached hydrogens (tertiary/aromatic N) is 2. The van der Waals surface area contributed by atoms with E-state index in [0.29, 0.717) is 0 Å². The minimum Gasteiger partial charge on any atom is -0.321 e. The van der Waals surface area contributed by atoms with Gasteiger partial charge in [0.1, 0.15) is 0 Å². The second-order valence-electron chi connectivity index (χ2n) is 4.85. The molecule has 1 heterocycles. The highest BCUT2D eigenvalue weighted by atomic mass is 79.9. The second-order valence-corrected chi connectivity index (χ2v) is 5.77. The molecule has 0 saturated heterocycles. The predicted octanol–water partition coefficient (Wildman–Crippen LogP) is 5.30. The van der Waals surface area contributed by atoms with E-state index in [2.05, 4.69) is 56.8 Å². The summed E-state index contributed by atoms with van der Waals surface area (Å²) < 4.78 is 3.23. The number of rotatable bonds is 3. The molecule has 0 radical (unpaired) electrons. The maximum Gasteiger partial charge on any atom is 0.0630 e. The minimum absolute atomic E-state index is 0.948. The van der Waals surface area contributed by atoms with Crippen LogP contribution in [0.1, 0.15) is 11.3 Å². The lowest BCUT2D eigenvalue weighted by Gasteiger charge is -2.04. The Bertz CT molecular complexity index is 756. The van der Waals surface area contributed by atoms with Gasteiger partial charge in [-0.1, -0.05) is 34.1 Å². The molecule has 0 saturated carbocycles. The third kappa shape index (κ3) is 3.31. The van der Waals surface area contributed by atoms with Crippen molar-refractivity contribution in [2.75, 3.05) is 0 Å². The molecule has 104 valence electrons. The van der Waals surface area contributed by atoms with E-state index in [4.69, 9.17) is 0 Å². The highest BCUT2D eigenvalue weighted by Crippen LogP contribution is 2.18. The summed E-state index contributed by atoms with van der Waals surface area (Å²) >= 11 is 3.42. The van der Waals surface area contributed by atoms with Crippen LogP contribution in [0.4, 0.5) is 5.69 Å². The number of hydrogen-bond acceptors (Lipinski definition) is 1. The Morgan fingerprint density at radius 3 is 2.43 bits per heavy atom. The van der Waals surface area contributed by atoms with Crippen molar-refractivity contribution in [3.05, 3.63) is 82.6 Å². The fourth-order valence-electron chi connectivity index (χ4n) is 2.21. The summed E-state index contributed by atoms with van der Waals surface area (Å²) in [5.41, 5.74) is 4.40. The average Bonchev–Trinajstić information content (AvgIpc) is 2.89. The maximum absolute atomic E-state index is 4.51. The zero-order chi connectivity index (χ0) is 14.7. The lowest BCUT2D eigenvalue weighted by Crippen LogP contribution is -1.93. The first-order valence-electron chi connectivity index (χ1n) is 6.76.